The maximum absolute atomic E-state index is 12.7. The summed E-state index contributed by atoms with van der Waals surface area (Å²) in [6.45, 7) is 0.671. The van der Waals surface area contributed by atoms with Crippen LogP contribution >= 0.6 is 0 Å². The van der Waals surface area contributed by atoms with E-state index in [1.165, 1.54) is 6.92 Å². The number of benzene rings is 2. The molecule has 0 aliphatic heterocycles. The molecular weight excluding hydrogens is 424 g/mol. The number of hydrogen-bond acceptors (Lipinski definition) is 5. The van der Waals surface area contributed by atoms with Gasteiger partial charge < -0.3 is 25.6 Å². The Kier molecular flexibility index (Phi) is 6.12. The normalized spacial score (nSPS) is 17.6. The molecule has 33 heavy (non-hydrogen) atoms. The van der Waals surface area contributed by atoms with E-state index >= 15 is 0 Å². The summed E-state index contributed by atoms with van der Waals surface area (Å²) in [5, 5.41) is 23.8. The zero-order chi connectivity index (χ0) is 23.6. The monoisotopic (exact) mass is 452 g/mol. The molecule has 1 unspecified atom stereocenters. The van der Waals surface area contributed by atoms with Crippen LogP contribution < -0.4 is 10.6 Å². The van der Waals surface area contributed by atoms with Crippen molar-refractivity contribution < 1.29 is 29.3 Å². The molecule has 0 heterocycles. The molecule has 4 N–H and O–H groups in total. The molecule has 1 fully saturated rings. The van der Waals surface area contributed by atoms with Gasteiger partial charge in [-0.3, -0.25) is 4.79 Å². The minimum Gasteiger partial charge on any atom is -0.479 e. The van der Waals surface area contributed by atoms with Gasteiger partial charge in [-0.1, -0.05) is 48.5 Å². The third kappa shape index (κ3) is 4.43. The molecule has 4 rings (SSSR count). The Hall–Kier alpha value is -3.39. The minimum absolute atomic E-state index is 0.0652. The van der Waals surface area contributed by atoms with Gasteiger partial charge in [0.05, 0.1) is 12.1 Å². The molecule has 0 radical (unpaired) electrons. The lowest BCUT2D eigenvalue weighted by atomic mass is 9.74. The van der Waals surface area contributed by atoms with Gasteiger partial charge in [-0.2, -0.15) is 0 Å². The number of ether oxygens (including phenoxy) is 1. The van der Waals surface area contributed by atoms with Gasteiger partial charge in [-0.25, -0.2) is 9.59 Å². The van der Waals surface area contributed by atoms with E-state index in [2.05, 4.69) is 22.8 Å². The number of carboxylic acids is 1. The number of carboxylic acid groups (broad SMARTS) is 1. The predicted octanol–water partition coefficient (Wildman–Crippen LogP) is 2.79. The Morgan fingerprint density at radius 3 is 2.12 bits per heavy atom. The van der Waals surface area contributed by atoms with E-state index in [1.54, 1.807) is 0 Å². The SMILES string of the molecule is CC(CO)(NC(=O)CC1(NC(=O)OCC2c3ccccc3-c3ccccc32)CCC1)C(=O)O. The van der Waals surface area contributed by atoms with Crippen molar-refractivity contribution in [3.8, 4) is 11.1 Å². The highest BCUT2D eigenvalue weighted by atomic mass is 16.5. The summed E-state index contributed by atoms with van der Waals surface area (Å²) in [6.07, 6.45) is 1.33. The first-order chi connectivity index (χ1) is 15.8. The van der Waals surface area contributed by atoms with Crippen LogP contribution in [0.1, 0.15) is 49.7 Å². The molecule has 1 atom stereocenters. The second-order valence-corrected chi connectivity index (χ2v) is 9.10. The number of alkyl carbamates (subject to hydrolysis) is 1. The standard InChI is InChI=1S/C25H28N2O6/c1-24(15-28,22(30)31)26-21(29)13-25(11-6-12-25)27-23(32)33-14-20-18-9-4-2-7-16(18)17-8-3-5-10-19(17)20/h2-5,7-10,20,28H,6,11-15H2,1H3,(H,26,29)(H,27,32)(H,30,31). The molecule has 2 aliphatic carbocycles. The second kappa shape index (κ2) is 8.86. The van der Waals surface area contributed by atoms with Gasteiger partial charge in [0.25, 0.3) is 0 Å². The van der Waals surface area contributed by atoms with Gasteiger partial charge in [0, 0.05) is 12.3 Å². The third-order valence-corrected chi connectivity index (χ3v) is 6.72. The van der Waals surface area contributed by atoms with Gasteiger partial charge in [0.1, 0.15) is 6.61 Å². The molecule has 2 amide bonds. The molecule has 0 bridgehead atoms. The quantitative estimate of drug-likeness (QED) is 0.488. The largest absolute Gasteiger partial charge is 0.479 e. The predicted molar refractivity (Wildman–Crippen MR) is 121 cm³/mol. The highest BCUT2D eigenvalue weighted by Gasteiger charge is 2.43. The molecule has 2 aliphatic rings. The van der Waals surface area contributed by atoms with Crippen molar-refractivity contribution >= 4 is 18.0 Å². The van der Waals surface area contributed by atoms with Gasteiger partial charge in [-0.15, -0.1) is 0 Å². The van der Waals surface area contributed by atoms with Crippen molar-refractivity contribution in [1.82, 2.24) is 10.6 Å². The molecule has 8 heteroatoms. The van der Waals surface area contributed by atoms with Crippen LogP contribution in [0.25, 0.3) is 11.1 Å². The Morgan fingerprint density at radius 1 is 1.06 bits per heavy atom. The molecule has 2 aromatic carbocycles. The molecule has 174 valence electrons. The van der Waals surface area contributed by atoms with Gasteiger partial charge >= 0.3 is 12.1 Å². The zero-order valence-corrected chi connectivity index (χ0v) is 18.5. The fourth-order valence-electron chi connectivity index (χ4n) is 4.62. The lowest BCUT2D eigenvalue weighted by Crippen LogP contribution is -2.60. The second-order valence-electron chi connectivity index (χ2n) is 9.10. The lowest BCUT2D eigenvalue weighted by molar-refractivity contribution is -0.149. The van der Waals surface area contributed by atoms with E-state index in [9.17, 15) is 24.6 Å². The van der Waals surface area contributed by atoms with Crippen LogP contribution in [0.4, 0.5) is 4.79 Å². The topological polar surface area (TPSA) is 125 Å². The highest BCUT2D eigenvalue weighted by molar-refractivity contribution is 5.87. The van der Waals surface area contributed by atoms with Crippen LogP contribution in [-0.4, -0.2) is 52.5 Å². The molecular formula is C25H28N2O6. The summed E-state index contributed by atoms with van der Waals surface area (Å²) in [4.78, 5) is 36.5. The van der Waals surface area contributed by atoms with E-state index in [-0.39, 0.29) is 18.9 Å². The van der Waals surface area contributed by atoms with Gasteiger partial charge in [0.2, 0.25) is 5.91 Å². The Labute approximate surface area is 192 Å². The van der Waals surface area contributed by atoms with E-state index in [4.69, 9.17) is 4.74 Å². The van der Waals surface area contributed by atoms with E-state index in [0.29, 0.717) is 12.8 Å². The molecule has 0 spiro atoms. The van der Waals surface area contributed by atoms with Gasteiger partial charge in [0.15, 0.2) is 5.54 Å². The highest BCUT2D eigenvalue weighted by Crippen LogP contribution is 2.44. The van der Waals surface area contributed by atoms with E-state index < -0.39 is 35.7 Å². The van der Waals surface area contributed by atoms with Crippen molar-refractivity contribution in [3.63, 3.8) is 0 Å². The van der Waals surface area contributed by atoms with Crippen molar-refractivity contribution in [2.24, 2.45) is 0 Å². The van der Waals surface area contributed by atoms with Gasteiger partial charge in [-0.05, 0) is 48.4 Å². The number of rotatable bonds is 8. The summed E-state index contributed by atoms with van der Waals surface area (Å²) in [6, 6.07) is 16.1. The van der Waals surface area contributed by atoms with Crippen LogP contribution in [0, 0.1) is 0 Å². The number of aliphatic hydroxyl groups is 1. The number of aliphatic hydroxyl groups excluding tert-OH is 1. The van der Waals surface area contributed by atoms with Crippen molar-refractivity contribution in [2.45, 2.75) is 49.6 Å². The summed E-state index contributed by atoms with van der Waals surface area (Å²) in [5.41, 5.74) is 1.95. The number of carbonyl (C=O) groups excluding carboxylic acids is 2. The Bertz CT molecular complexity index is 1030. The Balaban J connectivity index is 1.38. The number of aliphatic carboxylic acids is 1. The first kappa shape index (κ1) is 22.8. The average Bonchev–Trinajstić information content (AvgIpc) is 3.09. The van der Waals surface area contributed by atoms with Crippen molar-refractivity contribution in [1.29, 1.82) is 0 Å². The summed E-state index contributed by atoms with van der Waals surface area (Å²) < 4.78 is 5.60. The maximum atomic E-state index is 12.7. The third-order valence-electron chi connectivity index (χ3n) is 6.72. The first-order valence-corrected chi connectivity index (χ1v) is 11.1. The lowest BCUT2D eigenvalue weighted by Gasteiger charge is -2.42. The molecule has 8 nitrogen and oxygen atoms in total. The summed E-state index contributed by atoms with van der Waals surface area (Å²) in [5.74, 6) is -1.94. The van der Waals surface area contributed by atoms with Crippen LogP contribution in [0.5, 0.6) is 0 Å². The van der Waals surface area contributed by atoms with Crippen LogP contribution in [-0.2, 0) is 14.3 Å². The smallest absolute Gasteiger partial charge is 0.407 e. The van der Waals surface area contributed by atoms with Crippen molar-refractivity contribution in [3.05, 3.63) is 59.7 Å². The number of fused-ring (bicyclic) bond motifs is 3. The number of hydrogen-bond donors (Lipinski definition) is 4. The fraction of sp³-hybridized carbons (Fsp3) is 0.400. The first-order valence-electron chi connectivity index (χ1n) is 11.1. The van der Waals surface area contributed by atoms with E-state index in [0.717, 1.165) is 28.7 Å². The average molecular weight is 453 g/mol. The van der Waals surface area contributed by atoms with E-state index in [1.807, 2.05) is 36.4 Å². The number of nitrogens with one attached hydrogen (secondary N) is 2. The Morgan fingerprint density at radius 2 is 1.64 bits per heavy atom. The molecule has 2 aromatic rings. The fourth-order valence-corrected chi connectivity index (χ4v) is 4.62. The molecule has 0 aromatic heterocycles. The minimum atomic E-state index is -1.77. The summed E-state index contributed by atoms with van der Waals surface area (Å²) >= 11 is 0. The van der Waals surface area contributed by atoms with Crippen LogP contribution in [0.3, 0.4) is 0 Å². The molecule has 1 saturated carbocycles. The molecule has 0 saturated heterocycles. The van der Waals surface area contributed by atoms with Crippen LogP contribution in [0.2, 0.25) is 0 Å². The number of amides is 2. The zero-order valence-electron chi connectivity index (χ0n) is 18.5. The van der Waals surface area contributed by atoms with Crippen molar-refractivity contribution in [2.75, 3.05) is 13.2 Å². The maximum Gasteiger partial charge on any atom is 0.407 e. The summed E-state index contributed by atoms with van der Waals surface area (Å²) in [7, 11) is 0. The van der Waals surface area contributed by atoms with Crippen LogP contribution in [0.15, 0.2) is 48.5 Å². The number of carbonyl (C=O) groups is 3.